The van der Waals surface area contributed by atoms with Gasteiger partial charge in [-0.15, -0.1) is 0 Å². The second-order valence-corrected chi connectivity index (χ2v) is 9.83. The first kappa shape index (κ1) is 24.2. The predicted octanol–water partition coefficient (Wildman–Crippen LogP) is 5.37. The van der Waals surface area contributed by atoms with Gasteiger partial charge in [-0.05, 0) is 79.0 Å². The monoisotopic (exact) mass is 634 g/mol. The molecule has 4 rings (SSSR count). The largest absolute Gasteiger partial charge is 0.481 e. The molecule has 0 saturated heterocycles. The molecule has 7 nitrogen and oxygen atoms in total. The van der Waals surface area contributed by atoms with Crippen molar-refractivity contribution >= 4 is 62.2 Å². The summed E-state index contributed by atoms with van der Waals surface area (Å²) < 4.78 is 6.98. The maximum atomic E-state index is 12.8. The van der Waals surface area contributed by atoms with Crippen molar-refractivity contribution in [2.45, 2.75) is 18.4 Å². The number of halogens is 2. The summed E-state index contributed by atoms with van der Waals surface area (Å²) in [5, 5.41) is 14.3. The summed E-state index contributed by atoms with van der Waals surface area (Å²) in [5.74, 6) is -2.02. The number of hydrogen-bond donors (Lipinski definition) is 3. The molecule has 0 saturated carbocycles. The Hall–Kier alpha value is -2.92. The molecule has 3 aromatic rings. The van der Waals surface area contributed by atoms with Crippen molar-refractivity contribution in [3.63, 3.8) is 0 Å². The first-order valence-corrected chi connectivity index (χ1v) is 12.3. The van der Waals surface area contributed by atoms with Gasteiger partial charge in [0.25, 0.3) is 0 Å². The number of carboxylic acids is 1. The van der Waals surface area contributed by atoms with Crippen molar-refractivity contribution in [1.29, 1.82) is 0 Å². The van der Waals surface area contributed by atoms with E-state index in [1.54, 1.807) is 12.1 Å². The molecule has 0 spiro atoms. The number of alkyl carbamates (subject to hydrolysis) is 1. The van der Waals surface area contributed by atoms with E-state index in [4.69, 9.17) is 4.74 Å². The fraction of sp³-hybridized carbons (Fsp3) is 0.160. The summed E-state index contributed by atoms with van der Waals surface area (Å²) in [6.45, 7) is 0.0592. The Morgan fingerprint density at radius 2 is 1.62 bits per heavy atom. The molecule has 0 heterocycles. The van der Waals surface area contributed by atoms with Gasteiger partial charge in [0.1, 0.15) is 12.6 Å². The van der Waals surface area contributed by atoms with E-state index in [0.29, 0.717) is 10.2 Å². The van der Waals surface area contributed by atoms with E-state index in [0.717, 1.165) is 25.8 Å². The van der Waals surface area contributed by atoms with Crippen molar-refractivity contribution < 1.29 is 24.2 Å². The zero-order valence-electron chi connectivity index (χ0n) is 17.8. The average Bonchev–Trinajstić information content (AvgIpc) is 3.13. The molecule has 1 aliphatic carbocycles. The lowest BCUT2D eigenvalue weighted by atomic mass is 9.98. The fourth-order valence-corrected chi connectivity index (χ4v) is 4.82. The normalized spacial score (nSPS) is 12.9. The van der Waals surface area contributed by atoms with Gasteiger partial charge >= 0.3 is 12.1 Å². The second kappa shape index (κ2) is 10.6. The average molecular weight is 635 g/mol. The molecule has 9 heteroatoms. The molecule has 0 aromatic heterocycles. The Bertz CT molecular complexity index is 1220. The topological polar surface area (TPSA) is 105 Å². The van der Waals surface area contributed by atoms with Crippen LogP contribution in [-0.4, -0.2) is 35.7 Å². The summed E-state index contributed by atoms with van der Waals surface area (Å²) in [7, 11) is 0. The van der Waals surface area contributed by atoms with Crippen LogP contribution in [0.1, 0.15) is 23.5 Å². The van der Waals surface area contributed by atoms with E-state index < -0.39 is 30.4 Å². The quantitative estimate of drug-likeness (QED) is 0.303. The summed E-state index contributed by atoms with van der Waals surface area (Å²) in [6, 6.07) is 19.9. The molecular formula is C25H20BrIN2O5. The van der Waals surface area contributed by atoms with Gasteiger partial charge in [0.05, 0.1) is 12.1 Å². The third-order valence-corrected chi connectivity index (χ3v) is 6.88. The maximum absolute atomic E-state index is 12.8. The second-order valence-electron chi connectivity index (χ2n) is 7.73. The summed E-state index contributed by atoms with van der Waals surface area (Å²) in [4.78, 5) is 36.7. The van der Waals surface area contributed by atoms with Crippen LogP contribution in [0.2, 0.25) is 0 Å². The molecular weight excluding hydrogens is 615 g/mol. The highest BCUT2D eigenvalue weighted by Crippen LogP contribution is 2.44. The van der Waals surface area contributed by atoms with Gasteiger partial charge in [-0.25, -0.2) is 4.79 Å². The SMILES string of the molecule is O=C(O)CC(NC(=O)OCC1c2ccccc2-c2ccccc21)C(=O)Nc1cc(I)ccc1Br. The third-order valence-electron chi connectivity index (χ3n) is 5.52. The van der Waals surface area contributed by atoms with Crippen LogP contribution in [0.4, 0.5) is 10.5 Å². The Labute approximate surface area is 218 Å². The van der Waals surface area contributed by atoms with Crippen molar-refractivity contribution in [3.8, 4) is 11.1 Å². The number of rotatable bonds is 7. The highest BCUT2D eigenvalue weighted by Gasteiger charge is 2.30. The molecule has 0 bridgehead atoms. The number of ether oxygens (including phenoxy) is 1. The minimum atomic E-state index is -1.31. The van der Waals surface area contributed by atoms with E-state index in [1.807, 2.05) is 54.6 Å². The van der Waals surface area contributed by atoms with Gasteiger partial charge in [0.15, 0.2) is 0 Å². The Balaban J connectivity index is 1.44. The van der Waals surface area contributed by atoms with Crippen LogP contribution in [0, 0.1) is 3.57 Å². The number of carbonyl (C=O) groups excluding carboxylic acids is 2. The minimum absolute atomic E-state index is 0.0592. The molecule has 2 amide bonds. The molecule has 174 valence electrons. The van der Waals surface area contributed by atoms with Crippen molar-refractivity contribution in [2.75, 3.05) is 11.9 Å². The van der Waals surface area contributed by atoms with E-state index in [9.17, 15) is 19.5 Å². The van der Waals surface area contributed by atoms with E-state index in [2.05, 4.69) is 49.2 Å². The van der Waals surface area contributed by atoms with Crippen LogP contribution >= 0.6 is 38.5 Å². The molecule has 0 radical (unpaired) electrons. The van der Waals surface area contributed by atoms with Crippen molar-refractivity contribution in [3.05, 3.63) is 85.9 Å². The Morgan fingerprint density at radius 1 is 1.00 bits per heavy atom. The van der Waals surface area contributed by atoms with Crippen molar-refractivity contribution in [1.82, 2.24) is 5.32 Å². The van der Waals surface area contributed by atoms with Gasteiger partial charge in [0, 0.05) is 14.0 Å². The number of carboxylic acid groups (broad SMARTS) is 1. The first-order chi connectivity index (χ1) is 16.3. The van der Waals surface area contributed by atoms with E-state index in [1.165, 1.54) is 0 Å². The number of aliphatic carboxylic acids is 1. The number of carbonyl (C=O) groups is 3. The molecule has 34 heavy (non-hydrogen) atoms. The van der Waals surface area contributed by atoms with Crippen LogP contribution in [0.25, 0.3) is 11.1 Å². The fourth-order valence-electron chi connectivity index (χ4n) is 3.98. The lowest BCUT2D eigenvalue weighted by Crippen LogP contribution is -2.45. The van der Waals surface area contributed by atoms with Crippen LogP contribution < -0.4 is 10.6 Å². The zero-order valence-corrected chi connectivity index (χ0v) is 21.5. The van der Waals surface area contributed by atoms with Gasteiger partial charge in [-0.3, -0.25) is 9.59 Å². The van der Waals surface area contributed by atoms with Gasteiger partial charge < -0.3 is 20.5 Å². The minimum Gasteiger partial charge on any atom is -0.481 e. The highest BCUT2D eigenvalue weighted by atomic mass is 127. The van der Waals surface area contributed by atoms with Gasteiger partial charge in [0.2, 0.25) is 5.91 Å². The summed E-state index contributed by atoms with van der Waals surface area (Å²) in [5.41, 5.74) is 4.78. The first-order valence-electron chi connectivity index (χ1n) is 10.4. The summed E-state index contributed by atoms with van der Waals surface area (Å²) >= 11 is 5.45. The van der Waals surface area contributed by atoms with E-state index >= 15 is 0 Å². The van der Waals surface area contributed by atoms with Crippen molar-refractivity contribution in [2.24, 2.45) is 0 Å². The summed E-state index contributed by atoms with van der Waals surface area (Å²) in [6.07, 6.45) is -1.44. The smallest absolute Gasteiger partial charge is 0.407 e. The van der Waals surface area contributed by atoms with Crippen LogP contribution in [0.15, 0.2) is 71.2 Å². The number of fused-ring (bicyclic) bond motifs is 3. The molecule has 1 atom stereocenters. The zero-order chi connectivity index (χ0) is 24.2. The molecule has 3 N–H and O–H groups in total. The number of amides is 2. The number of benzene rings is 3. The maximum Gasteiger partial charge on any atom is 0.407 e. The molecule has 0 aliphatic heterocycles. The van der Waals surface area contributed by atoms with Crippen LogP contribution in [0.3, 0.4) is 0 Å². The third kappa shape index (κ3) is 5.41. The Kier molecular flexibility index (Phi) is 7.52. The van der Waals surface area contributed by atoms with Gasteiger partial charge in [-0.1, -0.05) is 48.5 Å². The number of anilines is 1. The molecule has 0 fully saturated rings. The predicted molar refractivity (Wildman–Crippen MR) is 140 cm³/mol. The molecule has 1 unspecified atom stereocenters. The number of nitrogens with one attached hydrogen (secondary N) is 2. The lowest BCUT2D eigenvalue weighted by Gasteiger charge is -2.19. The van der Waals surface area contributed by atoms with Gasteiger partial charge in [-0.2, -0.15) is 0 Å². The van der Waals surface area contributed by atoms with Crippen LogP contribution in [-0.2, 0) is 14.3 Å². The lowest BCUT2D eigenvalue weighted by molar-refractivity contribution is -0.139. The number of hydrogen-bond acceptors (Lipinski definition) is 4. The Morgan fingerprint density at radius 3 is 2.24 bits per heavy atom. The molecule has 1 aliphatic rings. The highest BCUT2D eigenvalue weighted by molar-refractivity contribution is 14.1. The van der Waals surface area contributed by atoms with Crippen LogP contribution in [0.5, 0.6) is 0 Å². The standard InChI is InChI=1S/C25H20BrIN2O5/c26-20-10-9-14(27)11-21(20)28-24(32)22(12-23(30)31)29-25(33)34-13-19-17-7-3-1-5-15(17)16-6-2-4-8-18(16)19/h1-11,19,22H,12-13H2,(H,28,32)(H,29,33)(H,30,31). The van der Waals surface area contributed by atoms with E-state index in [-0.39, 0.29) is 12.5 Å². The molecule has 3 aromatic carbocycles.